The summed E-state index contributed by atoms with van der Waals surface area (Å²) in [5, 5.41) is 11.3. The number of hydrogen-bond acceptors (Lipinski definition) is 6. The smallest absolute Gasteiger partial charge is 0.189 e. The highest BCUT2D eigenvalue weighted by Crippen LogP contribution is 2.26. The molecule has 0 aliphatic carbocycles. The Labute approximate surface area is 107 Å². The van der Waals surface area contributed by atoms with Crippen LogP contribution in [0.3, 0.4) is 0 Å². The molecule has 0 spiro atoms. The summed E-state index contributed by atoms with van der Waals surface area (Å²) in [7, 11) is 0. The molecule has 0 amide bonds. The van der Waals surface area contributed by atoms with Crippen LogP contribution in [0.15, 0.2) is 35.1 Å². The SMILES string of the molecule is CCNc1cn2ccnc2c(Sc2ncn[nH]2)n1. The highest BCUT2D eigenvalue weighted by atomic mass is 32.2. The number of anilines is 1. The number of imidazole rings is 1. The number of nitrogens with zero attached hydrogens (tertiary/aromatic N) is 5. The maximum absolute atomic E-state index is 4.52. The second-order valence-corrected chi connectivity index (χ2v) is 4.49. The van der Waals surface area contributed by atoms with Gasteiger partial charge in [-0.2, -0.15) is 5.10 Å². The van der Waals surface area contributed by atoms with Crippen LogP contribution >= 0.6 is 11.8 Å². The number of fused-ring (bicyclic) bond motifs is 1. The zero-order valence-corrected chi connectivity index (χ0v) is 10.5. The third kappa shape index (κ3) is 2.02. The summed E-state index contributed by atoms with van der Waals surface area (Å²) in [5.41, 5.74) is 0.804. The summed E-state index contributed by atoms with van der Waals surface area (Å²) in [6.07, 6.45) is 7.02. The Bertz CT molecular complexity index is 645. The average Bonchev–Trinajstić information content (AvgIpc) is 2.99. The molecule has 0 atom stereocenters. The first kappa shape index (κ1) is 11.0. The van der Waals surface area contributed by atoms with Gasteiger partial charge in [0, 0.05) is 18.9 Å². The van der Waals surface area contributed by atoms with Crippen LogP contribution in [-0.2, 0) is 0 Å². The van der Waals surface area contributed by atoms with Crippen molar-refractivity contribution in [3.05, 3.63) is 24.9 Å². The highest BCUT2D eigenvalue weighted by molar-refractivity contribution is 7.99. The topological polar surface area (TPSA) is 83.8 Å². The van der Waals surface area contributed by atoms with Crippen molar-refractivity contribution >= 4 is 23.2 Å². The van der Waals surface area contributed by atoms with Gasteiger partial charge in [-0.05, 0) is 18.7 Å². The number of H-pyrrole nitrogens is 1. The Kier molecular flexibility index (Phi) is 2.85. The first-order valence-corrected chi connectivity index (χ1v) is 6.29. The van der Waals surface area contributed by atoms with Crippen molar-refractivity contribution in [1.29, 1.82) is 0 Å². The maximum Gasteiger partial charge on any atom is 0.189 e. The molecule has 0 fully saturated rings. The van der Waals surface area contributed by atoms with Crippen molar-refractivity contribution in [3.8, 4) is 0 Å². The molecule has 0 radical (unpaired) electrons. The van der Waals surface area contributed by atoms with Gasteiger partial charge in [-0.3, -0.25) is 5.10 Å². The fourth-order valence-electron chi connectivity index (χ4n) is 1.57. The molecule has 0 aromatic carbocycles. The van der Waals surface area contributed by atoms with E-state index in [0.717, 1.165) is 23.0 Å². The van der Waals surface area contributed by atoms with Crippen molar-refractivity contribution in [2.75, 3.05) is 11.9 Å². The van der Waals surface area contributed by atoms with Crippen LogP contribution in [0, 0.1) is 0 Å². The molecule has 0 unspecified atom stereocenters. The molecule has 0 bridgehead atoms. The first-order chi connectivity index (χ1) is 8.86. The van der Waals surface area contributed by atoms with Gasteiger partial charge >= 0.3 is 0 Å². The lowest BCUT2D eigenvalue weighted by Gasteiger charge is -2.06. The van der Waals surface area contributed by atoms with Gasteiger partial charge in [-0.25, -0.2) is 15.0 Å². The van der Waals surface area contributed by atoms with E-state index in [9.17, 15) is 0 Å². The molecule has 0 saturated carbocycles. The molecule has 0 saturated heterocycles. The van der Waals surface area contributed by atoms with Gasteiger partial charge in [-0.1, -0.05) is 0 Å². The molecule has 8 heteroatoms. The number of rotatable bonds is 4. The van der Waals surface area contributed by atoms with Gasteiger partial charge in [0.2, 0.25) is 0 Å². The minimum absolute atomic E-state index is 0.695. The molecule has 2 N–H and O–H groups in total. The normalized spacial score (nSPS) is 10.9. The summed E-state index contributed by atoms with van der Waals surface area (Å²) < 4.78 is 1.93. The molecule has 18 heavy (non-hydrogen) atoms. The van der Waals surface area contributed by atoms with Crippen LogP contribution < -0.4 is 5.32 Å². The van der Waals surface area contributed by atoms with E-state index < -0.39 is 0 Å². The summed E-state index contributed by atoms with van der Waals surface area (Å²) in [6, 6.07) is 0. The van der Waals surface area contributed by atoms with Gasteiger partial charge in [0.25, 0.3) is 0 Å². The lowest BCUT2D eigenvalue weighted by Crippen LogP contribution is -2.02. The molecule has 0 aliphatic heterocycles. The monoisotopic (exact) mass is 261 g/mol. The lowest BCUT2D eigenvalue weighted by atomic mass is 10.6. The van der Waals surface area contributed by atoms with Crippen molar-refractivity contribution in [2.45, 2.75) is 17.1 Å². The Morgan fingerprint density at radius 2 is 2.39 bits per heavy atom. The number of aromatic amines is 1. The van der Waals surface area contributed by atoms with Crippen molar-refractivity contribution in [1.82, 2.24) is 29.5 Å². The Balaban J connectivity index is 2.04. The first-order valence-electron chi connectivity index (χ1n) is 5.47. The molecule has 0 aliphatic rings. The third-order valence-corrected chi connectivity index (χ3v) is 3.14. The minimum Gasteiger partial charge on any atom is -0.369 e. The van der Waals surface area contributed by atoms with Crippen LogP contribution in [-0.4, -0.2) is 36.1 Å². The Morgan fingerprint density at radius 1 is 1.44 bits per heavy atom. The fourth-order valence-corrected chi connectivity index (χ4v) is 2.35. The van der Waals surface area contributed by atoms with Gasteiger partial charge in [-0.15, -0.1) is 0 Å². The quantitative estimate of drug-likeness (QED) is 0.739. The van der Waals surface area contributed by atoms with Crippen LogP contribution in [0.2, 0.25) is 0 Å². The molecule has 3 rings (SSSR count). The van der Waals surface area contributed by atoms with Crippen LogP contribution in [0.1, 0.15) is 6.92 Å². The minimum atomic E-state index is 0.695. The average molecular weight is 261 g/mol. The predicted molar refractivity (Wildman–Crippen MR) is 67.7 cm³/mol. The zero-order chi connectivity index (χ0) is 12.4. The molecule has 3 heterocycles. The lowest BCUT2D eigenvalue weighted by molar-refractivity contribution is 0.960. The van der Waals surface area contributed by atoms with Crippen molar-refractivity contribution in [2.24, 2.45) is 0 Å². The summed E-state index contributed by atoms with van der Waals surface area (Å²) in [6.45, 7) is 2.85. The van der Waals surface area contributed by atoms with Crippen molar-refractivity contribution < 1.29 is 0 Å². The standard InChI is InChI=1S/C10H11N7S/c1-2-11-7-5-17-4-3-12-8(17)9(15-7)18-10-13-6-14-16-10/h3-6,11H,2H2,1H3,(H,13,14,16). The van der Waals surface area contributed by atoms with E-state index in [2.05, 4.69) is 30.5 Å². The van der Waals surface area contributed by atoms with E-state index in [4.69, 9.17) is 0 Å². The van der Waals surface area contributed by atoms with Crippen LogP contribution in [0.5, 0.6) is 0 Å². The number of aromatic nitrogens is 6. The summed E-state index contributed by atoms with van der Waals surface area (Å²) >= 11 is 1.40. The van der Waals surface area contributed by atoms with Gasteiger partial charge in [0.05, 0.1) is 6.20 Å². The van der Waals surface area contributed by atoms with E-state index >= 15 is 0 Å². The third-order valence-electron chi connectivity index (χ3n) is 2.29. The van der Waals surface area contributed by atoms with E-state index in [-0.39, 0.29) is 0 Å². The van der Waals surface area contributed by atoms with Gasteiger partial charge in [0.1, 0.15) is 17.2 Å². The fraction of sp³-hybridized carbons (Fsp3) is 0.200. The zero-order valence-electron chi connectivity index (χ0n) is 9.66. The van der Waals surface area contributed by atoms with Crippen LogP contribution in [0.25, 0.3) is 5.65 Å². The predicted octanol–water partition coefficient (Wildman–Crippen LogP) is 1.43. The number of nitrogens with one attached hydrogen (secondary N) is 2. The van der Waals surface area contributed by atoms with Crippen molar-refractivity contribution in [3.63, 3.8) is 0 Å². The summed E-state index contributed by atoms with van der Waals surface area (Å²) in [5.74, 6) is 0.810. The largest absolute Gasteiger partial charge is 0.369 e. The second-order valence-electron chi connectivity index (χ2n) is 3.51. The molecule has 7 nitrogen and oxygen atoms in total. The Hall–Kier alpha value is -2.09. The molecule has 92 valence electrons. The molecule has 3 aromatic heterocycles. The van der Waals surface area contributed by atoms with E-state index in [1.165, 1.54) is 18.1 Å². The van der Waals surface area contributed by atoms with Gasteiger partial charge in [0.15, 0.2) is 10.8 Å². The maximum atomic E-state index is 4.52. The second kappa shape index (κ2) is 4.65. The van der Waals surface area contributed by atoms with Gasteiger partial charge < -0.3 is 9.72 Å². The van der Waals surface area contributed by atoms with Crippen LogP contribution in [0.4, 0.5) is 5.82 Å². The molecular weight excluding hydrogens is 250 g/mol. The van der Waals surface area contributed by atoms with E-state index in [1.807, 2.05) is 23.7 Å². The molecular formula is C10H11N7S. The van der Waals surface area contributed by atoms with E-state index in [0.29, 0.717) is 5.16 Å². The number of hydrogen-bond donors (Lipinski definition) is 2. The highest BCUT2D eigenvalue weighted by Gasteiger charge is 2.10. The Morgan fingerprint density at radius 3 is 3.17 bits per heavy atom. The molecule has 3 aromatic rings. The summed E-state index contributed by atoms with van der Waals surface area (Å²) in [4.78, 5) is 12.9. The van der Waals surface area contributed by atoms with E-state index in [1.54, 1.807) is 6.20 Å².